The highest BCUT2D eigenvalue weighted by Crippen LogP contribution is 2.30. The lowest BCUT2D eigenvalue weighted by Gasteiger charge is -2.29. The van der Waals surface area contributed by atoms with E-state index in [1.54, 1.807) is 24.7 Å². The Morgan fingerprint density at radius 2 is 1.84 bits per heavy atom. The Morgan fingerprint density at radius 1 is 0.968 bits per heavy atom. The fraction of sp³-hybridized carbons (Fsp3) is 0.167. The predicted octanol–water partition coefficient (Wildman–Crippen LogP) is 4.37. The number of nitrogens with zero attached hydrogens (tertiary/aromatic N) is 5. The van der Waals surface area contributed by atoms with Gasteiger partial charge in [0.15, 0.2) is 5.82 Å². The van der Waals surface area contributed by atoms with Crippen LogP contribution < -0.4 is 5.32 Å². The van der Waals surface area contributed by atoms with Crippen molar-refractivity contribution in [1.29, 1.82) is 0 Å². The number of hydrogen-bond acceptors (Lipinski definition) is 6. The van der Waals surface area contributed by atoms with E-state index in [-0.39, 0.29) is 5.82 Å². The largest absolute Gasteiger partial charge is 0.340 e. The van der Waals surface area contributed by atoms with Crippen LogP contribution >= 0.6 is 0 Å². The molecule has 0 fully saturated rings. The summed E-state index contributed by atoms with van der Waals surface area (Å²) in [6.45, 7) is 2.40. The smallest absolute Gasteiger partial charge is 0.163 e. The van der Waals surface area contributed by atoms with E-state index in [2.05, 4.69) is 26.3 Å². The van der Waals surface area contributed by atoms with Crippen molar-refractivity contribution < 1.29 is 4.39 Å². The zero-order valence-corrected chi connectivity index (χ0v) is 16.9. The number of anilines is 2. The summed E-state index contributed by atoms with van der Waals surface area (Å²) in [6.07, 6.45) is 7.96. The van der Waals surface area contributed by atoms with Gasteiger partial charge in [-0.15, -0.1) is 0 Å². The van der Waals surface area contributed by atoms with Gasteiger partial charge in [0, 0.05) is 67.7 Å². The molecule has 1 aliphatic rings. The molecule has 0 spiro atoms. The van der Waals surface area contributed by atoms with E-state index < -0.39 is 0 Å². The van der Waals surface area contributed by atoms with Gasteiger partial charge in [-0.1, -0.05) is 12.1 Å². The van der Waals surface area contributed by atoms with Crippen LogP contribution in [0.25, 0.3) is 11.4 Å². The summed E-state index contributed by atoms with van der Waals surface area (Å²) in [5.74, 6) is 1.02. The molecule has 31 heavy (non-hydrogen) atoms. The van der Waals surface area contributed by atoms with E-state index in [9.17, 15) is 4.39 Å². The Morgan fingerprint density at radius 3 is 2.61 bits per heavy atom. The van der Waals surface area contributed by atoms with Crippen LogP contribution in [0.2, 0.25) is 0 Å². The maximum atomic E-state index is 13.8. The van der Waals surface area contributed by atoms with Gasteiger partial charge in [-0.05, 0) is 42.0 Å². The lowest BCUT2D eigenvalue weighted by atomic mass is 10.0. The van der Waals surface area contributed by atoms with Crippen molar-refractivity contribution in [3.05, 3.63) is 96.0 Å². The van der Waals surface area contributed by atoms with Gasteiger partial charge in [0.1, 0.15) is 11.6 Å². The first-order valence-corrected chi connectivity index (χ1v) is 10.2. The Kier molecular flexibility index (Phi) is 5.33. The van der Waals surface area contributed by atoms with Crippen LogP contribution in [0.3, 0.4) is 0 Å². The molecule has 154 valence electrons. The molecule has 1 aliphatic heterocycles. The van der Waals surface area contributed by atoms with Gasteiger partial charge in [-0.3, -0.25) is 14.9 Å². The minimum Gasteiger partial charge on any atom is -0.340 e. The van der Waals surface area contributed by atoms with Gasteiger partial charge in [-0.25, -0.2) is 14.4 Å². The zero-order chi connectivity index (χ0) is 21.0. The third-order valence-electron chi connectivity index (χ3n) is 5.28. The normalized spacial score (nSPS) is 13.6. The van der Waals surface area contributed by atoms with Crippen LogP contribution in [0.4, 0.5) is 15.9 Å². The van der Waals surface area contributed by atoms with Gasteiger partial charge in [0.05, 0.1) is 5.69 Å². The van der Waals surface area contributed by atoms with Crippen molar-refractivity contribution in [2.24, 2.45) is 0 Å². The average Bonchev–Trinajstić information content (AvgIpc) is 2.80. The van der Waals surface area contributed by atoms with Crippen molar-refractivity contribution in [3.63, 3.8) is 0 Å². The summed E-state index contributed by atoms with van der Waals surface area (Å²) in [5.41, 5.74) is 4.72. The summed E-state index contributed by atoms with van der Waals surface area (Å²) in [4.78, 5) is 20.4. The van der Waals surface area contributed by atoms with Crippen LogP contribution in [0.1, 0.15) is 16.8 Å². The number of aromatic nitrogens is 4. The van der Waals surface area contributed by atoms with Crippen LogP contribution in [-0.4, -0.2) is 31.4 Å². The number of fused-ring (bicyclic) bond motifs is 1. The van der Waals surface area contributed by atoms with E-state index in [4.69, 9.17) is 9.97 Å². The third kappa shape index (κ3) is 4.41. The first-order chi connectivity index (χ1) is 15.2. The zero-order valence-electron chi connectivity index (χ0n) is 16.9. The van der Waals surface area contributed by atoms with Crippen molar-refractivity contribution in [2.45, 2.75) is 19.5 Å². The molecule has 0 aliphatic carbocycles. The molecular weight excluding hydrogens is 391 g/mol. The first-order valence-electron chi connectivity index (χ1n) is 10.2. The van der Waals surface area contributed by atoms with E-state index in [1.165, 1.54) is 17.7 Å². The van der Waals surface area contributed by atoms with Crippen molar-refractivity contribution in [3.8, 4) is 11.4 Å². The minimum atomic E-state index is -0.293. The molecule has 1 aromatic carbocycles. The van der Waals surface area contributed by atoms with Gasteiger partial charge in [0.2, 0.25) is 0 Å². The molecule has 4 aromatic rings. The topological polar surface area (TPSA) is 66.8 Å². The molecule has 0 saturated carbocycles. The van der Waals surface area contributed by atoms with Crippen molar-refractivity contribution in [1.82, 2.24) is 24.8 Å². The van der Waals surface area contributed by atoms with Gasteiger partial charge in [-0.2, -0.15) is 0 Å². The molecule has 1 N–H and O–H groups in total. The van der Waals surface area contributed by atoms with E-state index >= 15 is 0 Å². The summed E-state index contributed by atoms with van der Waals surface area (Å²) in [5, 5.41) is 3.32. The van der Waals surface area contributed by atoms with Crippen LogP contribution in [-0.2, 0) is 19.5 Å². The van der Waals surface area contributed by atoms with Crippen LogP contribution in [0.15, 0.2) is 73.3 Å². The Balaban J connectivity index is 1.51. The fourth-order valence-electron chi connectivity index (χ4n) is 3.79. The molecule has 0 bridgehead atoms. The quantitative estimate of drug-likeness (QED) is 0.525. The second-order valence-electron chi connectivity index (χ2n) is 7.52. The molecular formula is C24H21FN6. The van der Waals surface area contributed by atoms with Crippen LogP contribution in [0, 0.1) is 5.82 Å². The summed E-state index contributed by atoms with van der Waals surface area (Å²) in [7, 11) is 0. The van der Waals surface area contributed by atoms with Gasteiger partial charge >= 0.3 is 0 Å². The van der Waals surface area contributed by atoms with Gasteiger partial charge < -0.3 is 5.32 Å². The SMILES string of the molecule is Fc1cccc(Nc2nc(-c3cccnc3)nc3c2CN(Cc2cccnc2)CC3)c1. The fourth-order valence-corrected chi connectivity index (χ4v) is 3.79. The lowest BCUT2D eigenvalue weighted by molar-refractivity contribution is 0.243. The van der Waals surface area contributed by atoms with Gasteiger partial charge in [0.25, 0.3) is 0 Å². The minimum absolute atomic E-state index is 0.293. The number of halogens is 1. The highest BCUT2D eigenvalue weighted by atomic mass is 19.1. The Labute approximate surface area is 179 Å². The highest BCUT2D eigenvalue weighted by molar-refractivity contribution is 5.65. The molecule has 5 rings (SSSR count). The second-order valence-corrected chi connectivity index (χ2v) is 7.52. The number of hydrogen-bond donors (Lipinski definition) is 1. The standard InChI is InChI=1S/C24H21FN6/c25-19-6-1-7-20(12-19)28-24-21-16-31(15-17-4-2-9-26-13-17)11-8-22(21)29-23(30-24)18-5-3-10-27-14-18/h1-7,9-10,12-14H,8,11,15-16H2,(H,28,29,30). The van der Waals surface area contributed by atoms with Crippen molar-refractivity contribution >= 4 is 11.5 Å². The average molecular weight is 412 g/mol. The second kappa shape index (κ2) is 8.57. The molecule has 0 radical (unpaired) electrons. The molecule has 4 heterocycles. The molecule has 0 amide bonds. The van der Waals surface area contributed by atoms with Crippen LogP contribution in [0.5, 0.6) is 0 Å². The number of benzene rings is 1. The maximum absolute atomic E-state index is 13.8. The maximum Gasteiger partial charge on any atom is 0.163 e. The number of rotatable bonds is 5. The lowest BCUT2D eigenvalue weighted by Crippen LogP contribution is -2.31. The van der Waals surface area contributed by atoms with Crippen molar-refractivity contribution in [2.75, 3.05) is 11.9 Å². The molecule has 0 atom stereocenters. The molecule has 7 heteroatoms. The number of nitrogens with one attached hydrogen (secondary N) is 1. The predicted molar refractivity (Wildman–Crippen MR) is 117 cm³/mol. The third-order valence-corrected chi connectivity index (χ3v) is 5.28. The van der Waals surface area contributed by atoms with E-state index in [0.717, 1.165) is 36.3 Å². The monoisotopic (exact) mass is 412 g/mol. The molecule has 6 nitrogen and oxygen atoms in total. The molecule has 3 aromatic heterocycles. The summed E-state index contributed by atoms with van der Waals surface area (Å²) < 4.78 is 13.8. The Hall–Kier alpha value is -3.71. The van der Waals surface area contributed by atoms with E-state index in [0.29, 0.717) is 23.9 Å². The molecule has 0 unspecified atom stereocenters. The number of pyridine rings is 2. The van der Waals surface area contributed by atoms with E-state index in [1.807, 2.05) is 30.5 Å². The first kappa shape index (κ1) is 19.3. The highest BCUT2D eigenvalue weighted by Gasteiger charge is 2.23. The summed E-state index contributed by atoms with van der Waals surface area (Å²) in [6, 6.07) is 14.3. The summed E-state index contributed by atoms with van der Waals surface area (Å²) >= 11 is 0. The Bertz CT molecular complexity index is 1180. The molecule has 0 saturated heterocycles.